The standard InChI is InChI=1S/C12H13N5O/c1-8-2-3-10-11(4-8)18-12(14-10)7-17-6-9(5-13)15-16-17/h2-4,6H,5,7,13H2,1H3. The van der Waals surface area contributed by atoms with Crippen LogP contribution in [0.5, 0.6) is 0 Å². The van der Waals surface area contributed by atoms with Crippen LogP contribution in [-0.4, -0.2) is 20.0 Å². The molecule has 2 aromatic heterocycles. The maximum absolute atomic E-state index is 5.66. The molecule has 92 valence electrons. The van der Waals surface area contributed by atoms with Crippen LogP contribution in [0.2, 0.25) is 0 Å². The number of nitrogens with zero attached hydrogens (tertiary/aromatic N) is 4. The summed E-state index contributed by atoms with van der Waals surface area (Å²) < 4.78 is 7.33. The fourth-order valence-corrected chi connectivity index (χ4v) is 1.80. The van der Waals surface area contributed by atoms with E-state index in [1.807, 2.05) is 25.1 Å². The van der Waals surface area contributed by atoms with Crippen molar-refractivity contribution in [2.45, 2.75) is 20.0 Å². The Labute approximate surface area is 103 Å². The van der Waals surface area contributed by atoms with E-state index in [-0.39, 0.29) is 0 Å². The molecule has 1 aromatic carbocycles. The van der Waals surface area contributed by atoms with Gasteiger partial charge in [0, 0.05) is 6.54 Å². The highest BCUT2D eigenvalue weighted by molar-refractivity contribution is 5.73. The molecule has 6 nitrogen and oxygen atoms in total. The smallest absolute Gasteiger partial charge is 0.217 e. The first kappa shape index (κ1) is 10.9. The second-order valence-electron chi connectivity index (χ2n) is 4.19. The summed E-state index contributed by atoms with van der Waals surface area (Å²) in [6, 6.07) is 5.93. The SMILES string of the molecule is Cc1ccc2nc(Cn3cc(CN)nn3)oc2c1. The van der Waals surface area contributed by atoms with E-state index in [2.05, 4.69) is 15.3 Å². The van der Waals surface area contributed by atoms with Gasteiger partial charge in [0.1, 0.15) is 12.1 Å². The maximum atomic E-state index is 5.66. The summed E-state index contributed by atoms with van der Waals surface area (Å²) in [6.45, 7) is 2.86. The first-order valence-electron chi connectivity index (χ1n) is 5.70. The fraction of sp³-hybridized carbons (Fsp3) is 0.250. The van der Waals surface area contributed by atoms with E-state index in [1.54, 1.807) is 10.9 Å². The number of fused-ring (bicyclic) bond motifs is 1. The maximum Gasteiger partial charge on any atom is 0.217 e. The molecule has 0 aliphatic carbocycles. The van der Waals surface area contributed by atoms with Crippen LogP contribution in [0.4, 0.5) is 0 Å². The second-order valence-corrected chi connectivity index (χ2v) is 4.19. The molecule has 0 radical (unpaired) electrons. The van der Waals surface area contributed by atoms with Crippen LogP contribution in [0, 0.1) is 6.92 Å². The number of aromatic nitrogens is 4. The summed E-state index contributed by atoms with van der Waals surface area (Å²) in [5.41, 5.74) is 9.03. The van der Waals surface area contributed by atoms with E-state index >= 15 is 0 Å². The van der Waals surface area contributed by atoms with Gasteiger partial charge in [0.25, 0.3) is 0 Å². The first-order chi connectivity index (χ1) is 8.74. The summed E-state index contributed by atoms with van der Waals surface area (Å²) in [5.74, 6) is 0.615. The highest BCUT2D eigenvalue weighted by Crippen LogP contribution is 2.17. The van der Waals surface area contributed by atoms with Crippen molar-refractivity contribution in [3.63, 3.8) is 0 Å². The molecular weight excluding hydrogens is 230 g/mol. The van der Waals surface area contributed by atoms with Crippen LogP contribution >= 0.6 is 0 Å². The van der Waals surface area contributed by atoms with Gasteiger partial charge >= 0.3 is 0 Å². The van der Waals surface area contributed by atoms with Crippen molar-refractivity contribution in [2.75, 3.05) is 0 Å². The van der Waals surface area contributed by atoms with Crippen molar-refractivity contribution < 1.29 is 4.42 Å². The van der Waals surface area contributed by atoms with E-state index in [1.165, 1.54) is 0 Å². The molecule has 3 rings (SSSR count). The molecule has 3 aromatic rings. The van der Waals surface area contributed by atoms with Gasteiger partial charge in [-0.15, -0.1) is 5.10 Å². The lowest BCUT2D eigenvalue weighted by Gasteiger charge is -1.93. The van der Waals surface area contributed by atoms with E-state index < -0.39 is 0 Å². The number of hydrogen-bond donors (Lipinski definition) is 1. The van der Waals surface area contributed by atoms with Crippen molar-refractivity contribution >= 4 is 11.1 Å². The quantitative estimate of drug-likeness (QED) is 0.748. The Morgan fingerprint density at radius 1 is 1.39 bits per heavy atom. The molecule has 0 bridgehead atoms. The predicted octanol–water partition coefficient (Wildman–Crippen LogP) is 1.23. The van der Waals surface area contributed by atoms with Crippen LogP contribution in [0.25, 0.3) is 11.1 Å². The number of benzene rings is 1. The minimum atomic E-state index is 0.382. The van der Waals surface area contributed by atoms with Crippen LogP contribution in [0.15, 0.2) is 28.8 Å². The third-order valence-electron chi connectivity index (χ3n) is 2.68. The predicted molar refractivity (Wildman–Crippen MR) is 65.8 cm³/mol. The Kier molecular flexibility index (Phi) is 2.56. The largest absolute Gasteiger partial charge is 0.439 e. The van der Waals surface area contributed by atoms with Crippen molar-refractivity contribution in [1.29, 1.82) is 0 Å². The Morgan fingerprint density at radius 3 is 3.06 bits per heavy atom. The van der Waals surface area contributed by atoms with Crippen LogP contribution in [0.1, 0.15) is 17.1 Å². The first-order valence-corrected chi connectivity index (χ1v) is 5.70. The molecule has 2 heterocycles. The zero-order chi connectivity index (χ0) is 12.5. The molecule has 0 atom stereocenters. The molecule has 0 fully saturated rings. The van der Waals surface area contributed by atoms with Crippen LogP contribution in [-0.2, 0) is 13.1 Å². The molecule has 0 amide bonds. The Bertz CT molecular complexity index is 685. The van der Waals surface area contributed by atoms with Gasteiger partial charge in [-0.05, 0) is 24.6 Å². The molecule has 0 spiro atoms. The fourth-order valence-electron chi connectivity index (χ4n) is 1.80. The van der Waals surface area contributed by atoms with Gasteiger partial charge in [-0.1, -0.05) is 11.3 Å². The second kappa shape index (κ2) is 4.23. The van der Waals surface area contributed by atoms with Gasteiger partial charge in [-0.2, -0.15) is 0 Å². The molecule has 0 unspecified atom stereocenters. The molecular formula is C12H13N5O. The number of aryl methyl sites for hydroxylation is 1. The van der Waals surface area contributed by atoms with Crippen molar-refractivity contribution in [3.8, 4) is 0 Å². The molecule has 0 saturated heterocycles. The highest BCUT2D eigenvalue weighted by Gasteiger charge is 2.07. The Morgan fingerprint density at radius 2 is 2.28 bits per heavy atom. The van der Waals surface area contributed by atoms with Gasteiger partial charge in [-0.25, -0.2) is 9.67 Å². The van der Waals surface area contributed by atoms with Crippen molar-refractivity contribution in [1.82, 2.24) is 20.0 Å². The Balaban J connectivity index is 1.90. The normalized spacial score (nSPS) is 11.2. The average molecular weight is 243 g/mol. The third-order valence-corrected chi connectivity index (χ3v) is 2.68. The molecule has 0 saturated carbocycles. The van der Waals surface area contributed by atoms with Crippen molar-refractivity contribution in [3.05, 3.63) is 41.5 Å². The number of hydrogen-bond acceptors (Lipinski definition) is 5. The third kappa shape index (κ3) is 1.98. The number of nitrogens with two attached hydrogens (primary N) is 1. The van der Waals surface area contributed by atoms with Crippen LogP contribution in [0.3, 0.4) is 0 Å². The van der Waals surface area contributed by atoms with Gasteiger partial charge in [0.15, 0.2) is 5.58 Å². The molecule has 6 heteroatoms. The van der Waals surface area contributed by atoms with E-state index in [0.29, 0.717) is 19.0 Å². The summed E-state index contributed by atoms with van der Waals surface area (Å²) in [5, 5.41) is 7.87. The Hall–Kier alpha value is -2.21. The molecule has 2 N–H and O–H groups in total. The zero-order valence-electron chi connectivity index (χ0n) is 10.00. The van der Waals surface area contributed by atoms with E-state index in [4.69, 9.17) is 10.2 Å². The molecule has 0 aliphatic rings. The molecule has 0 aliphatic heterocycles. The average Bonchev–Trinajstić information content (AvgIpc) is 2.95. The zero-order valence-corrected chi connectivity index (χ0v) is 10.00. The summed E-state index contributed by atoms with van der Waals surface area (Å²) in [4.78, 5) is 4.40. The van der Waals surface area contributed by atoms with Gasteiger partial charge in [-0.3, -0.25) is 0 Å². The number of oxazole rings is 1. The van der Waals surface area contributed by atoms with E-state index in [0.717, 1.165) is 22.4 Å². The lowest BCUT2D eigenvalue weighted by atomic mass is 10.2. The van der Waals surface area contributed by atoms with Gasteiger partial charge in [0.2, 0.25) is 5.89 Å². The lowest BCUT2D eigenvalue weighted by molar-refractivity contribution is 0.485. The monoisotopic (exact) mass is 243 g/mol. The summed E-state index contributed by atoms with van der Waals surface area (Å²) >= 11 is 0. The number of rotatable bonds is 3. The molecule has 18 heavy (non-hydrogen) atoms. The summed E-state index contributed by atoms with van der Waals surface area (Å²) in [6.07, 6.45) is 1.79. The topological polar surface area (TPSA) is 82.8 Å². The van der Waals surface area contributed by atoms with Crippen LogP contribution < -0.4 is 5.73 Å². The minimum Gasteiger partial charge on any atom is -0.439 e. The van der Waals surface area contributed by atoms with Gasteiger partial charge in [0.05, 0.1) is 11.9 Å². The highest BCUT2D eigenvalue weighted by atomic mass is 16.3. The summed E-state index contributed by atoms with van der Waals surface area (Å²) in [7, 11) is 0. The van der Waals surface area contributed by atoms with Crippen molar-refractivity contribution in [2.24, 2.45) is 5.73 Å². The van der Waals surface area contributed by atoms with E-state index in [9.17, 15) is 0 Å². The van der Waals surface area contributed by atoms with Gasteiger partial charge < -0.3 is 10.2 Å². The minimum absolute atomic E-state index is 0.382. The lowest BCUT2D eigenvalue weighted by Crippen LogP contribution is -2.00.